The summed E-state index contributed by atoms with van der Waals surface area (Å²) in [5.74, 6) is -0.0454. The van der Waals surface area contributed by atoms with Crippen molar-refractivity contribution in [3.63, 3.8) is 0 Å². The highest BCUT2D eigenvalue weighted by Crippen LogP contribution is 2.18. The van der Waals surface area contributed by atoms with Crippen LogP contribution < -0.4 is 5.32 Å². The third-order valence-corrected chi connectivity index (χ3v) is 2.16. The molecule has 68 valence electrons. The first kappa shape index (κ1) is 9.26. The van der Waals surface area contributed by atoms with Crippen molar-refractivity contribution in [2.24, 2.45) is 0 Å². The minimum atomic E-state index is -0.348. The zero-order valence-electron chi connectivity index (χ0n) is 7.12. The zero-order valence-corrected chi connectivity index (χ0v) is 7.12. The van der Waals surface area contributed by atoms with E-state index in [1.807, 2.05) is 0 Å². The summed E-state index contributed by atoms with van der Waals surface area (Å²) in [4.78, 5) is 11.1. The number of aliphatic hydroxyl groups is 1. The molecule has 0 spiro atoms. The number of hydrogen-bond acceptors (Lipinski definition) is 2. The molecule has 0 aromatic rings. The van der Waals surface area contributed by atoms with E-state index in [9.17, 15) is 9.90 Å². The summed E-state index contributed by atoms with van der Waals surface area (Å²) in [7, 11) is 0. The van der Waals surface area contributed by atoms with Gasteiger partial charge >= 0.3 is 0 Å². The third-order valence-electron chi connectivity index (χ3n) is 2.16. The Labute approximate surface area is 72.5 Å². The molecule has 1 amide bonds. The quantitative estimate of drug-likeness (QED) is 0.607. The molecular weight excluding hydrogens is 154 g/mol. The van der Waals surface area contributed by atoms with E-state index in [0.29, 0.717) is 6.42 Å². The van der Waals surface area contributed by atoms with Crippen LogP contribution in [0.15, 0.2) is 12.7 Å². The molecule has 1 fully saturated rings. The Kier molecular flexibility index (Phi) is 3.29. The van der Waals surface area contributed by atoms with Gasteiger partial charge in [-0.3, -0.25) is 4.79 Å². The van der Waals surface area contributed by atoms with Crippen LogP contribution in [0.2, 0.25) is 0 Å². The largest absolute Gasteiger partial charge is 0.391 e. The number of rotatable bonds is 3. The highest BCUT2D eigenvalue weighted by atomic mass is 16.3. The van der Waals surface area contributed by atoms with Gasteiger partial charge in [-0.2, -0.15) is 0 Å². The molecule has 0 bridgehead atoms. The first-order valence-corrected chi connectivity index (χ1v) is 4.32. The standard InChI is InChI=1S/C9H15NO2/c1-2-4-9(12)10-7-5-3-6-8(7)11/h2,7-8,11H,1,3-6H2,(H,10,12). The van der Waals surface area contributed by atoms with Crippen molar-refractivity contribution >= 4 is 5.91 Å². The predicted molar refractivity (Wildman–Crippen MR) is 46.6 cm³/mol. The maximum atomic E-state index is 11.1. The number of amides is 1. The topological polar surface area (TPSA) is 49.3 Å². The molecule has 12 heavy (non-hydrogen) atoms. The van der Waals surface area contributed by atoms with Crippen molar-refractivity contribution in [1.82, 2.24) is 5.32 Å². The van der Waals surface area contributed by atoms with Crippen molar-refractivity contribution in [3.05, 3.63) is 12.7 Å². The molecule has 1 saturated carbocycles. The van der Waals surface area contributed by atoms with Crippen molar-refractivity contribution in [3.8, 4) is 0 Å². The van der Waals surface area contributed by atoms with Gasteiger partial charge in [-0.05, 0) is 19.3 Å². The van der Waals surface area contributed by atoms with Gasteiger partial charge in [0.05, 0.1) is 12.1 Å². The lowest BCUT2D eigenvalue weighted by Gasteiger charge is -2.15. The average molecular weight is 169 g/mol. The van der Waals surface area contributed by atoms with Gasteiger partial charge in [0.15, 0.2) is 0 Å². The average Bonchev–Trinajstić information content (AvgIpc) is 2.37. The smallest absolute Gasteiger partial charge is 0.224 e. The lowest BCUT2D eigenvalue weighted by Crippen LogP contribution is -2.39. The van der Waals surface area contributed by atoms with Crippen molar-refractivity contribution in [1.29, 1.82) is 0 Å². The molecule has 0 aliphatic heterocycles. The van der Waals surface area contributed by atoms with Crippen LogP contribution >= 0.6 is 0 Å². The Morgan fingerprint density at radius 3 is 2.92 bits per heavy atom. The van der Waals surface area contributed by atoms with Crippen molar-refractivity contribution in [2.75, 3.05) is 0 Å². The highest BCUT2D eigenvalue weighted by molar-refractivity contribution is 5.77. The van der Waals surface area contributed by atoms with E-state index in [4.69, 9.17) is 0 Å². The van der Waals surface area contributed by atoms with Gasteiger partial charge in [-0.25, -0.2) is 0 Å². The fraction of sp³-hybridized carbons (Fsp3) is 0.667. The highest BCUT2D eigenvalue weighted by Gasteiger charge is 2.25. The van der Waals surface area contributed by atoms with Crippen LogP contribution in [0.5, 0.6) is 0 Å². The second kappa shape index (κ2) is 4.26. The summed E-state index contributed by atoms with van der Waals surface area (Å²) in [5.41, 5.74) is 0. The molecule has 3 nitrogen and oxygen atoms in total. The zero-order chi connectivity index (χ0) is 8.97. The molecule has 2 N–H and O–H groups in total. The van der Waals surface area contributed by atoms with Crippen molar-refractivity contribution in [2.45, 2.75) is 37.8 Å². The first-order valence-electron chi connectivity index (χ1n) is 4.32. The Morgan fingerprint density at radius 1 is 1.67 bits per heavy atom. The van der Waals surface area contributed by atoms with Crippen LogP contribution in [-0.4, -0.2) is 23.2 Å². The van der Waals surface area contributed by atoms with E-state index in [1.165, 1.54) is 0 Å². The summed E-state index contributed by atoms with van der Waals surface area (Å²) in [6, 6.07) is -0.0301. The molecule has 0 heterocycles. The first-order chi connectivity index (χ1) is 5.74. The molecule has 1 aliphatic rings. The maximum Gasteiger partial charge on any atom is 0.224 e. The molecule has 1 rings (SSSR count). The Bertz CT molecular complexity index is 179. The molecule has 2 unspecified atom stereocenters. The number of aliphatic hydroxyl groups excluding tert-OH is 1. The van der Waals surface area contributed by atoms with Gasteiger partial charge in [-0.15, -0.1) is 6.58 Å². The van der Waals surface area contributed by atoms with Gasteiger partial charge in [0.25, 0.3) is 0 Å². The van der Waals surface area contributed by atoms with E-state index in [-0.39, 0.29) is 18.1 Å². The minimum Gasteiger partial charge on any atom is -0.391 e. The van der Waals surface area contributed by atoms with E-state index in [1.54, 1.807) is 6.08 Å². The molecule has 3 heteroatoms. The summed E-state index contributed by atoms with van der Waals surface area (Å²) in [5, 5.41) is 12.1. The summed E-state index contributed by atoms with van der Waals surface area (Å²) in [6.45, 7) is 3.47. The third kappa shape index (κ3) is 2.34. The molecule has 0 saturated heterocycles. The summed E-state index contributed by atoms with van der Waals surface area (Å²) >= 11 is 0. The second-order valence-electron chi connectivity index (χ2n) is 3.17. The maximum absolute atomic E-state index is 11.1. The number of carbonyl (C=O) groups excluding carboxylic acids is 1. The van der Waals surface area contributed by atoms with Crippen LogP contribution in [0.4, 0.5) is 0 Å². The fourth-order valence-corrected chi connectivity index (χ4v) is 1.51. The van der Waals surface area contributed by atoms with Crippen LogP contribution in [0, 0.1) is 0 Å². The van der Waals surface area contributed by atoms with Crippen LogP contribution in [0.3, 0.4) is 0 Å². The Balaban J connectivity index is 2.29. The van der Waals surface area contributed by atoms with Crippen LogP contribution in [-0.2, 0) is 4.79 Å². The van der Waals surface area contributed by atoms with Gasteiger partial charge in [-0.1, -0.05) is 6.08 Å². The van der Waals surface area contributed by atoms with Gasteiger partial charge in [0.1, 0.15) is 0 Å². The van der Waals surface area contributed by atoms with Gasteiger partial charge < -0.3 is 10.4 Å². The fourth-order valence-electron chi connectivity index (χ4n) is 1.51. The Morgan fingerprint density at radius 2 is 2.42 bits per heavy atom. The lowest BCUT2D eigenvalue weighted by atomic mass is 10.2. The number of nitrogens with one attached hydrogen (secondary N) is 1. The molecule has 0 radical (unpaired) electrons. The second-order valence-corrected chi connectivity index (χ2v) is 3.17. The predicted octanol–water partition coefficient (Wildman–Crippen LogP) is 0.592. The van der Waals surface area contributed by atoms with Gasteiger partial charge in [0.2, 0.25) is 5.91 Å². The molecule has 0 aromatic carbocycles. The summed E-state index contributed by atoms with van der Waals surface area (Å²) < 4.78 is 0. The van der Waals surface area contributed by atoms with E-state index in [2.05, 4.69) is 11.9 Å². The van der Waals surface area contributed by atoms with E-state index < -0.39 is 0 Å². The number of hydrogen-bond donors (Lipinski definition) is 2. The van der Waals surface area contributed by atoms with Gasteiger partial charge in [0, 0.05) is 6.42 Å². The molecule has 0 aromatic heterocycles. The lowest BCUT2D eigenvalue weighted by molar-refractivity contribution is -0.121. The van der Waals surface area contributed by atoms with E-state index >= 15 is 0 Å². The monoisotopic (exact) mass is 169 g/mol. The normalized spacial score (nSPS) is 28.4. The van der Waals surface area contributed by atoms with Crippen molar-refractivity contribution < 1.29 is 9.90 Å². The van der Waals surface area contributed by atoms with Crippen LogP contribution in [0.1, 0.15) is 25.7 Å². The molecule has 1 aliphatic carbocycles. The molecule has 2 atom stereocenters. The summed E-state index contributed by atoms with van der Waals surface area (Å²) in [6.07, 6.45) is 4.25. The van der Waals surface area contributed by atoms with E-state index in [0.717, 1.165) is 19.3 Å². The van der Waals surface area contributed by atoms with Crippen LogP contribution in [0.25, 0.3) is 0 Å². The SMILES string of the molecule is C=CCC(=O)NC1CCCC1O. The Hall–Kier alpha value is -0.830. The minimum absolute atomic E-state index is 0.0301. The molecular formula is C9H15NO2. The number of carbonyl (C=O) groups is 1.